The monoisotopic (exact) mass is 248 g/mol. The van der Waals surface area contributed by atoms with Crippen LogP contribution in [0.1, 0.15) is 33.1 Å². The maximum absolute atomic E-state index is 11.6. The number of carbonyl (C=O) groups is 1. The maximum atomic E-state index is 11.6. The number of fused-ring (bicyclic) bond motifs is 1. The van der Waals surface area contributed by atoms with Crippen molar-refractivity contribution in [1.29, 1.82) is 0 Å². The number of esters is 1. The van der Waals surface area contributed by atoms with Gasteiger partial charge in [-0.2, -0.15) is 0 Å². The van der Waals surface area contributed by atoms with E-state index in [0.717, 1.165) is 24.0 Å². The lowest BCUT2D eigenvalue weighted by atomic mass is 9.88. The largest absolute Gasteiger partial charge is 0.454 e. The number of ether oxygens (including phenoxy) is 1. The van der Waals surface area contributed by atoms with Crippen molar-refractivity contribution in [3.05, 3.63) is 35.5 Å². The first-order chi connectivity index (χ1) is 8.47. The van der Waals surface area contributed by atoms with Crippen molar-refractivity contribution in [1.82, 2.24) is 0 Å². The Hall–Kier alpha value is -1.35. The SMILES string of the molecule is C=C1C(=O)O[C@H]2/C=C(\C)C[C@H](O)/C=C(\C)CC[C@H]12. The Kier molecular flexibility index (Phi) is 3.71. The Balaban J connectivity index is 2.27. The van der Waals surface area contributed by atoms with Crippen LogP contribution in [0.2, 0.25) is 0 Å². The molecule has 0 aromatic carbocycles. The van der Waals surface area contributed by atoms with Gasteiger partial charge in [-0.25, -0.2) is 4.79 Å². The molecule has 98 valence electrons. The summed E-state index contributed by atoms with van der Waals surface area (Å²) in [6, 6.07) is 0. The van der Waals surface area contributed by atoms with Crippen LogP contribution in [0.4, 0.5) is 0 Å². The second-order valence-corrected chi connectivity index (χ2v) is 5.34. The summed E-state index contributed by atoms with van der Waals surface area (Å²) in [6.45, 7) is 7.81. The highest BCUT2D eigenvalue weighted by Gasteiger charge is 2.37. The number of rotatable bonds is 0. The quantitative estimate of drug-likeness (QED) is 0.407. The number of carbonyl (C=O) groups excluding carboxylic acids is 1. The summed E-state index contributed by atoms with van der Waals surface area (Å²) in [7, 11) is 0. The molecule has 0 radical (unpaired) electrons. The molecule has 1 saturated heterocycles. The molecule has 0 bridgehead atoms. The number of hydrogen-bond donors (Lipinski definition) is 1. The van der Waals surface area contributed by atoms with Gasteiger partial charge in [0.15, 0.2) is 0 Å². The van der Waals surface area contributed by atoms with Gasteiger partial charge in [-0.3, -0.25) is 0 Å². The minimum Gasteiger partial charge on any atom is -0.454 e. The van der Waals surface area contributed by atoms with Crippen molar-refractivity contribution < 1.29 is 14.6 Å². The van der Waals surface area contributed by atoms with Crippen molar-refractivity contribution in [2.45, 2.75) is 45.3 Å². The van der Waals surface area contributed by atoms with E-state index in [1.165, 1.54) is 0 Å². The Bertz CT molecular complexity index is 431. The fraction of sp³-hybridized carbons (Fsp3) is 0.533. The molecule has 0 amide bonds. The van der Waals surface area contributed by atoms with Gasteiger partial charge in [-0.1, -0.05) is 23.8 Å². The first-order valence-electron chi connectivity index (χ1n) is 6.40. The highest BCUT2D eigenvalue weighted by Crippen LogP contribution is 2.34. The third kappa shape index (κ3) is 2.72. The van der Waals surface area contributed by atoms with E-state index in [0.29, 0.717) is 12.0 Å². The van der Waals surface area contributed by atoms with E-state index in [2.05, 4.69) is 6.58 Å². The Morgan fingerprint density at radius 1 is 1.33 bits per heavy atom. The van der Waals surface area contributed by atoms with Crippen LogP contribution in [0, 0.1) is 5.92 Å². The van der Waals surface area contributed by atoms with E-state index in [4.69, 9.17) is 4.74 Å². The molecule has 0 saturated carbocycles. The predicted molar refractivity (Wildman–Crippen MR) is 69.9 cm³/mol. The summed E-state index contributed by atoms with van der Waals surface area (Å²) < 4.78 is 5.33. The molecule has 1 aliphatic heterocycles. The van der Waals surface area contributed by atoms with Crippen LogP contribution in [0.15, 0.2) is 35.5 Å². The minimum absolute atomic E-state index is 0.0750. The zero-order chi connectivity index (χ0) is 13.3. The van der Waals surface area contributed by atoms with Gasteiger partial charge in [-0.05, 0) is 39.2 Å². The molecule has 18 heavy (non-hydrogen) atoms. The number of aliphatic hydroxyl groups excluding tert-OH is 1. The minimum atomic E-state index is -0.446. The molecule has 0 aromatic rings. The summed E-state index contributed by atoms with van der Waals surface area (Å²) >= 11 is 0. The lowest BCUT2D eigenvalue weighted by Crippen LogP contribution is -2.17. The van der Waals surface area contributed by atoms with Gasteiger partial charge in [-0.15, -0.1) is 0 Å². The molecule has 2 rings (SSSR count). The zero-order valence-electron chi connectivity index (χ0n) is 11.0. The van der Waals surface area contributed by atoms with E-state index < -0.39 is 6.10 Å². The van der Waals surface area contributed by atoms with E-state index in [9.17, 15) is 9.90 Å². The Morgan fingerprint density at radius 2 is 2.06 bits per heavy atom. The normalized spacial score (nSPS) is 39.2. The molecule has 3 heteroatoms. The van der Waals surface area contributed by atoms with Crippen LogP contribution < -0.4 is 0 Å². The summed E-state index contributed by atoms with van der Waals surface area (Å²) in [5, 5.41) is 9.87. The summed E-state index contributed by atoms with van der Waals surface area (Å²) in [5.41, 5.74) is 2.78. The van der Waals surface area contributed by atoms with Crippen LogP contribution >= 0.6 is 0 Å². The second-order valence-electron chi connectivity index (χ2n) is 5.34. The van der Waals surface area contributed by atoms with Crippen molar-refractivity contribution in [2.24, 2.45) is 5.92 Å². The van der Waals surface area contributed by atoms with Gasteiger partial charge in [0.05, 0.1) is 6.10 Å². The van der Waals surface area contributed by atoms with Gasteiger partial charge in [0.1, 0.15) is 6.10 Å². The average Bonchev–Trinajstić information content (AvgIpc) is 2.51. The first kappa shape index (κ1) is 13.1. The van der Waals surface area contributed by atoms with Crippen molar-refractivity contribution in [3.8, 4) is 0 Å². The summed E-state index contributed by atoms with van der Waals surface area (Å²) in [4.78, 5) is 11.6. The molecule has 3 nitrogen and oxygen atoms in total. The van der Waals surface area contributed by atoms with Crippen molar-refractivity contribution >= 4 is 5.97 Å². The molecule has 1 N–H and O–H groups in total. The Labute approximate surface area is 108 Å². The average molecular weight is 248 g/mol. The van der Waals surface area contributed by atoms with Crippen LogP contribution in [0.3, 0.4) is 0 Å². The number of allylic oxidation sites excluding steroid dienone is 1. The molecule has 3 atom stereocenters. The molecule has 1 heterocycles. The van der Waals surface area contributed by atoms with Crippen molar-refractivity contribution in [2.75, 3.05) is 0 Å². The third-order valence-corrected chi connectivity index (χ3v) is 3.66. The van der Waals surface area contributed by atoms with Crippen LogP contribution in [0.25, 0.3) is 0 Å². The second kappa shape index (κ2) is 5.11. The van der Waals surface area contributed by atoms with E-state index >= 15 is 0 Å². The zero-order valence-corrected chi connectivity index (χ0v) is 11.0. The molecule has 2 aliphatic rings. The predicted octanol–water partition coefficient (Wildman–Crippen LogP) is 2.52. The van der Waals surface area contributed by atoms with E-state index in [1.54, 1.807) is 0 Å². The smallest absolute Gasteiger partial charge is 0.334 e. The fourth-order valence-electron chi connectivity index (χ4n) is 2.65. The number of hydrogen-bond acceptors (Lipinski definition) is 3. The topological polar surface area (TPSA) is 46.5 Å². The van der Waals surface area contributed by atoms with Crippen LogP contribution in [-0.2, 0) is 9.53 Å². The number of aliphatic hydroxyl groups is 1. The molecule has 1 aliphatic carbocycles. The standard InChI is InChI=1S/C15H20O3/c1-9-4-5-13-11(3)15(17)18-14(13)8-10(2)7-12(16)6-9/h6,8,12-14,16H,3-5,7H2,1-2H3/b9-6+,10-8+/t12-,13-,14+/m1/s1. The van der Waals surface area contributed by atoms with Gasteiger partial charge in [0.2, 0.25) is 0 Å². The highest BCUT2D eigenvalue weighted by molar-refractivity contribution is 5.91. The van der Waals surface area contributed by atoms with E-state index in [1.807, 2.05) is 26.0 Å². The van der Waals surface area contributed by atoms with Crippen molar-refractivity contribution in [3.63, 3.8) is 0 Å². The van der Waals surface area contributed by atoms with Gasteiger partial charge >= 0.3 is 5.97 Å². The lowest BCUT2D eigenvalue weighted by molar-refractivity contribution is -0.137. The van der Waals surface area contributed by atoms with Gasteiger partial charge < -0.3 is 9.84 Å². The Morgan fingerprint density at radius 3 is 2.78 bits per heavy atom. The van der Waals surface area contributed by atoms with Crippen LogP contribution in [-0.4, -0.2) is 23.3 Å². The van der Waals surface area contributed by atoms with Crippen LogP contribution in [0.5, 0.6) is 0 Å². The molecule has 0 spiro atoms. The summed E-state index contributed by atoms with van der Waals surface area (Å²) in [5.74, 6) is -0.207. The molecule has 1 fully saturated rings. The fourth-order valence-corrected chi connectivity index (χ4v) is 2.65. The molecule has 0 aromatic heterocycles. The summed E-state index contributed by atoms with van der Waals surface area (Å²) in [6.07, 6.45) is 5.50. The van der Waals surface area contributed by atoms with E-state index in [-0.39, 0.29) is 18.0 Å². The lowest BCUT2D eigenvalue weighted by Gasteiger charge is -2.18. The third-order valence-electron chi connectivity index (χ3n) is 3.66. The maximum Gasteiger partial charge on any atom is 0.334 e. The van der Waals surface area contributed by atoms with Gasteiger partial charge in [0.25, 0.3) is 0 Å². The first-order valence-corrected chi connectivity index (χ1v) is 6.40. The highest BCUT2D eigenvalue weighted by atomic mass is 16.5. The molecule has 0 unspecified atom stereocenters. The van der Waals surface area contributed by atoms with Gasteiger partial charge in [0, 0.05) is 11.5 Å². The molecular weight excluding hydrogens is 228 g/mol. The molecular formula is C15H20O3.